The lowest BCUT2D eigenvalue weighted by Gasteiger charge is -2.37. The minimum Gasteiger partial charge on any atom is -0.459 e. The second-order valence-electron chi connectivity index (χ2n) is 11.7. The lowest BCUT2D eigenvalue weighted by atomic mass is 9.89. The molecule has 2 aliphatic heterocycles. The molecule has 2 bridgehead atoms. The predicted octanol–water partition coefficient (Wildman–Crippen LogP) is 5.21. The molecule has 0 spiro atoms. The number of hydrogen-bond donors (Lipinski definition) is 1. The minimum atomic E-state index is -3.86. The number of carbonyl (C=O) groups excluding carboxylic acids is 1. The van der Waals surface area contributed by atoms with E-state index >= 15 is 0 Å². The Morgan fingerprint density at radius 1 is 1.10 bits per heavy atom. The standard InChI is InChI=1S/C30H32ClN5O4S/c1-30(2,3)40-28(37)27-19-13-14-35(27)17-20(15-19)33-29-32-16-24(31)26(34-29)23-18-36(25-12-8-7-11-22(23)25)41(38,39)21-9-5-4-6-10-21/h4-12,16,18-20,27H,13-15,17H2,1-3H3,(H,32,33,34)/t19-,20-,27?/m1/s1. The topological polar surface area (TPSA) is 106 Å². The van der Waals surface area contributed by atoms with E-state index in [1.165, 1.54) is 10.2 Å². The summed E-state index contributed by atoms with van der Waals surface area (Å²) in [5, 5.41) is 4.46. The van der Waals surface area contributed by atoms with Crippen molar-refractivity contribution >= 4 is 44.4 Å². The van der Waals surface area contributed by atoms with E-state index in [4.69, 9.17) is 21.3 Å². The van der Waals surface area contributed by atoms with E-state index in [9.17, 15) is 13.2 Å². The minimum absolute atomic E-state index is 0.0370. The van der Waals surface area contributed by atoms with Crippen molar-refractivity contribution in [1.82, 2.24) is 18.8 Å². The molecule has 0 aliphatic carbocycles. The van der Waals surface area contributed by atoms with E-state index in [1.807, 2.05) is 32.9 Å². The number of halogens is 1. The predicted molar refractivity (Wildman–Crippen MR) is 158 cm³/mol. The summed E-state index contributed by atoms with van der Waals surface area (Å²) in [6.45, 7) is 7.17. The Balaban J connectivity index is 1.29. The second kappa shape index (κ2) is 10.4. The van der Waals surface area contributed by atoms with Crippen LogP contribution in [0.2, 0.25) is 5.02 Å². The highest BCUT2D eigenvalue weighted by molar-refractivity contribution is 7.90. The van der Waals surface area contributed by atoms with Crippen molar-refractivity contribution in [3.05, 3.63) is 72.0 Å². The fourth-order valence-corrected chi connectivity index (χ4v) is 7.54. The first-order valence-electron chi connectivity index (χ1n) is 13.7. The van der Waals surface area contributed by atoms with Crippen molar-refractivity contribution in [3.8, 4) is 11.3 Å². The number of esters is 1. The van der Waals surface area contributed by atoms with Gasteiger partial charge in [0.25, 0.3) is 10.0 Å². The van der Waals surface area contributed by atoms with Gasteiger partial charge in [0.15, 0.2) is 0 Å². The summed E-state index contributed by atoms with van der Waals surface area (Å²) in [5.74, 6) is 0.419. The van der Waals surface area contributed by atoms with Crippen molar-refractivity contribution in [2.24, 2.45) is 5.92 Å². The van der Waals surface area contributed by atoms with Crippen LogP contribution in [0, 0.1) is 5.92 Å². The van der Waals surface area contributed by atoms with Gasteiger partial charge in [0.1, 0.15) is 11.6 Å². The summed E-state index contributed by atoms with van der Waals surface area (Å²) in [7, 11) is -3.86. The number of hydrogen-bond acceptors (Lipinski definition) is 8. The molecule has 4 aromatic rings. The first-order chi connectivity index (χ1) is 19.5. The number of nitrogens with zero attached hydrogens (tertiary/aromatic N) is 4. The maximum Gasteiger partial charge on any atom is 0.324 e. The first-order valence-corrected chi connectivity index (χ1v) is 15.5. The molecule has 6 rings (SSSR count). The van der Waals surface area contributed by atoms with E-state index in [2.05, 4.69) is 15.2 Å². The average Bonchev–Trinajstić information content (AvgIpc) is 3.45. The summed E-state index contributed by atoms with van der Waals surface area (Å²) in [6.07, 6.45) is 4.83. The summed E-state index contributed by atoms with van der Waals surface area (Å²) in [4.78, 5) is 24.4. The first kappa shape index (κ1) is 27.7. The molecule has 11 heteroatoms. The van der Waals surface area contributed by atoms with Crippen LogP contribution < -0.4 is 5.32 Å². The molecule has 2 aromatic carbocycles. The monoisotopic (exact) mass is 593 g/mol. The number of ether oxygens (including phenoxy) is 1. The Morgan fingerprint density at radius 2 is 1.83 bits per heavy atom. The lowest BCUT2D eigenvalue weighted by Crippen LogP contribution is -2.52. The highest BCUT2D eigenvalue weighted by atomic mass is 35.5. The Kier molecular flexibility index (Phi) is 7.04. The molecule has 2 unspecified atom stereocenters. The molecule has 1 N–H and O–H groups in total. The van der Waals surface area contributed by atoms with Crippen molar-refractivity contribution in [1.29, 1.82) is 0 Å². The van der Waals surface area contributed by atoms with Gasteiger partial charge in [-0.1, -0.05) is 48.0 Å². The van der Waals surface area contributed by atoms with Crippen molar-refractivity contribution in [2.45, 2.75) is 56.2 Å². The van der Waals surface area contributed by atoms with Gasteiger partial charge in [0.2, 0.25) is 5.95 Å². The van der Waals surface area contributed by atoms with Crippen LogP contribution in [-0.2, 0) is 19.6 Å². The van der Waals surface area contributed by atoms with Crippen LogP contribution in [0.4, 0.5) is 5.95 Å². The van der Waals surface area contributed by atoms with Gasteiger partial charge in [-0.05, 0) is 64.3 Å². The number of benzene rings is 2. The van der Waals surface area contributed by atoms with Gasteiger partial charge in [-0.3, -0.25) is 9.69 Å². The number of para-hydroxylation sites is 1. The van der Waals surface area contributed by atoms with Gasteiger partial charge >= 0.3 is 5.97 Å². The molecule has 2 fully saturated rings. The Bertz CT molecular complexity index is 1700. The zero-order valence-corrected chi connectivity index (χ0v) is 24.7. The molecule has 0 amide bonds. The molecule has 41 heavy (non-hydrogen) atoms. The SMILES string of the molecule is CC(C)(C)OC(=O)C1[C@@H]2CCN1C[C@H](Nc1ncc(Cl)c(-c3cn(S(=O)(=O)c4ccccc4)c4ccccc34)n1)C2. The number of anilines is 1. The van der Waals surface area contributed by atoms with Gasteiger partial charge < -0.3 is 10.1 Å². The molecule has 2 aliphatic rings. The fourth-order valence-electron chi connectivity index (χ4n) is 5.96. The summed E-state index contributed by atoms with van der Waals surface area (Å²) in [5.41, 5.74) is 1.03. The van der Waals surface area contributed by atoms with Crippen LogP contribution >= 0.6 is 11.6 Å². The third kappa shape index (κ3) is 5.31. The molecule has 2 saturated heterocycles. The average molecular weight is 594 g/mol. The smallest absolute Gasteiger partial charge is 0.324 e. The zero-order valence-electron chi connectivity index (χ0n) is 23.1. The van der Waals surface area contributed by atoms with Gasteiger partial charge in [0, 0.05) is 29.7 Å². The highest BCUT2D eigenvalue weighted by Gasteiger charge is 2.46. The van der Waals surface area contributed by atoms with E-state index in [-0.39, 0.29) is 28.9 Å². The quantitative estimate of drug-likeness (QED) is 0.304. The molecule has 0 radical (unpaired) electrons. The molecule has 4 atom stereocenters. The van der Waals surface area contributed by atoms with Crippen molar-refractivity contribution in [3.63, 3.8) is 0 Å². The molecular weight excluding hydrogens is 562 g/mol. The second-order valence-corrected chi connectivity index (χ2v) is 13.9. The number of fused-ring (bicyclic) bond motifs is 3. The largest absolute Gasteiger partial charge is 0.459 e. The third-order valence-corrected chi connectivity index (χ3v) is 9.59. The highest BCUT2D eigenvalue weighted by Crippen LogP contribution is 2.38. The Labute approximate surface area is 244 Å². The number of carbonyl (C=O) groups is 1. The maximum atomic E-state index is 13.6. The normalized spacial score (nSPS) is 22.5. The molecule has 9 nitrogen and oxygen atoms in total. The van der Waals surface area contributed by atoms with Crippen molar-refractivity contribution in [2.75, 3.05) is 18.4 Å². The Hall–Kier alpha value is -3.47. The van der Waals surface area contributed by atoms with Crippen LogP contribution in [0.3, 0.4) is 0 Å². The van der Waals surface area contributed by atoms with Crippen LogP contribution in [0.15, 0.2) is 71.9 Å². The maximum absolute atomic E-state index is 13.6. The molecule has 0 saturated carbocycles. The Morgan fingerprint density at radius 3 is 2.56 bits per heavy atom. The zero-order chi connectivity index (χ0) is 28.9. The third-order valence-electron chi connectivity index (χ3n) is 7.63. The summed E-state index contributed by atoms with van der Waals surface area (Å²) >= 11 is 6.61. The van der Waals surface area contributed by atoms with E-state index in [0.29, 0.717) is 39.7 Å². The van der Waals surface area contributed by atoms with Gasteiger partial charge in [-0.25, -0.2) is 22.4 Å². The summed E-state index contributed by atoms with van der Waals surface area (Å²) in [6, 6.07) is 15.4. The molecule has 2 aromatic heterocycles. The van der Waals surface area contributed by atoms with Gasteiger partial charge in [-0.15, -0.1) is 0 Å². The van der Waals surface area contributed by atoms with Crippen LogP contribution in [0.5, 0.6) is 0 Å². The van der Waals surface area contributed by atoms with Gasteiger partial charge in [0.05, 0.1) is 27.3 Å². The van der Waals surface area contributed by atoms with Gasteiger partial charge in [-0.2, -0.15) is 0 Å². The van der Waals surface area contributed by atoms with Crippen LogP contribution in [-0.4, -0.2) is 64.0 Å². The fraction of sp³-hybridized carbons (Fsp3) is 0.367. The van der Waals surface area contributed by atoms with E-state index in [1.54, 1.807) is 48.7 Å². The lowest BCUT2D eigenvalue weighted by molar-refractivity contribution is -0.162. The molecule has 4 heterocycles. The number of aromatic nitrogens is 3. The number of piperidine rings is 1. The molecular formula is C30H32ClN5O4S. The van der Waals surface area contributed by atoms with Crippen LogP contribution in [0.25, 0.3) is 22.2 Å². The number of rotatable bonds is 6. The molecule has 214 valence electrons. The van der Waals surface area contributed by atoms with E-state index in [0.717, 1.165) is 19.4 Å². The summed E-state index contributed by atoms with van der Waals surface area (Å²) < 4.78 is 34.1. The number of nitrogens with one attached hydrogen (secondary N) is 1. The van der Waals surface area contributed by atoms with E-state index < -0.39 is 15.6 Å². The van der Waals surface area contributed by atoms with Crippen LogP contribution in [0.1, 0.15) is 33.6 Å². The van der Waals surface area contributed by atoms with Crippen molar-refractivity contribution < 1.29 is 17.9 Å².